The third-order valence-corrected chi connectivity index (χ3v) is 1.43. The first-order valence-electron chi connectivity index (χ1n) is 4.41. The van der Waals surface area contributed by atoms with Crippen LogP contribution >= 0.6 is 0 Å². The molecule has 0 amide bonds. The van der Waals surface area contributed by atoms with Gasteiger partial charge in [-0.1, -0.05) is 13.8 Å². The molecule has 0 atom stereocenters. The Morgan fingerprint density at radius 3 is 2.62 bits per heavy atom. The van der Waals surface area contributed by atoms with Gasteiger partial charge in [-0.3, -0.25) is 0 Å². The van der Waals surface area contributed by atoms with E-state index in [2.05, 4.69) is 15.1 Å². The van der Waals surface area contributed by atoms with E-state index in [-0.39, 0.29) is 0 Å². The molecule has 2 aromatic heterocycles. The largest absolute Gasteiger partial charge is 0.252 e. The monoisotopic (exact) mass is 178 g/mol. The van der Waals surface area contributed by atoms with Gasteiger partial charge in [0, 0.05) is 12.4 Å². The van der Waals surface area contributed by atoms with Gasteiger partial charge in [0.05, 0.1) is 0 Å². The maximum absolute atomic E-state index is 4.12. The van der Waals surface area contributed by atoms with E-state index >= 15 is 0 Å². The van der Waals surface area contributed by atoms with Crippen molar-refractivity contribution in [3.8, 4) is 0 Å². The molecule has 4 nitrogen and oxygen atoms in total. The summed E-state index contributed by atoms with van der Waals surface area (Å²) in [6, 6.07) is 0. The molecule has 2 rings (SSSR count). The highest BCUT2D eigenvalue weighted by molar-refractivity contribution is 5.26. The fourth-order valence-corrected chi connectivity index (χ4v) is 0.979. The molecule has 0 saturated carbocycles. The van der Waals surface area contributed by atoms with Gasteiger partial charge in [-0.2, -0.15) is 10.1 Å². The predicted molar refractivity (Wildman–Crippen MR) is 51.6 cm³/mol. The third kappa shape index (κ3) is 2.02. The molecule has 13 heavy (non-hydrogen) atoms. The molecule has 0 bridgehead atoms. The zero-order chi connectivity index (χ0) is 9.84. The Kier molecular flexibility index (Phi) is 2.95. The molecule has 4 heteroatoms. The molecular weight excluding hydrogens is 164 g/mol. The van der Waals surface area contributed by atoms with Crippen LogP contribution in [0.2, 0.25) is 0 Å². The van der Waals surface area contributed by atoms with Gasteiger partial charge >= 0.3 is 0 Å². The second kappa shape index (κ2) is 3.98. The smallest absolute Gasteiger partial charge is 0.219 e. The summed E-state index contributed by atoms with van der Waals surface area (Å²) in [6.45, 7) is 7.83. The van der Waals surface area contributed by atoms with Crippen molar-refractivity contribution in [3.05, 3.63) is 23.8 Å². The van der Waals surface area contributed by atoms with Gasteiger partial charge in [-0.05, 0) is 19.4 Å². The number of rotatable bonds is 0. The Morgan fingerprint density at radius 2 is 1.92 bits per heavy atom. The maximum atomic E-state index is 4.12. The van der Waals surface area contributed by atoms with Crippen molar-refractivity contribution in [1.82, 2.24) is 19.6 Å². The molecule has 0 aromatic carbocycles. The number of hydrogen-bond donors (Lipinski definition) is 0. The summed E-state index contributed by atoms with van der Waals surface area (Å²) in [6.07, 6.45) is 3.69. The highest BCUT2D eigenvalue weighted by Gasteiger charge is 1.98. The van der Waals surface area contributed by atoms with Gasteiger partial charge in [-0.25, -0.2) is 9.50 Å². The van der Waals surface area contributed by atoms with Gasteiger partial charge in [0.15, 0.2) is 0 Å². The van der Waals surface area contributed by atoms with Crippen LogP contribution in [-0.2, 0) is 0 Å². The lowest BCUT2D eigenvalue weighted by atomic mass is 10.4. The summed E-state index contributed by atoms with van der Waals surface area (Å²) in [7, 11) is 0. The summed E-state index contributed by atoms with van der Waals surface area (Å²) in [5, 5.41) is 4.12. The first-order valence-corrected chi connectivity index (χ1v) is 4.41. The van der Waals surface area contributed by atoms with Crippen LogP contribution < -0.4 is 0 Å². The minimum atomic E-state index is 0.660. The molecule has 0 unspecified atom stereocenters. The molecule has 0 spiro atoms. The van der Waals surface area contributed by atoms with Crippen LogP contribution in [0.4, 0.5) is 0 Å². The fourth-order valence-electron chi connectivity index (χ4n) is 0.979. The Balaban J connectivity index is 0.000000396. The molecule has 0 aliphatic carbocycles. The lowest BCUT2D eigenvalue weighted by Crippen LogP contribution is -1.90. The van der Waals surface area contributed by atoms with Gasteiger partial charge in [0.1, 0.15) is 5.82 Å². The molecule has 0 radical (unpaired) electrons. The van der Waals surface area contributed by atoms with E-state index in [1.807, 2.05) is 33.9 Å². The van der Waals surface area contributed by atoms with Crippen LogP contribution in [0.15, 0.2) is 12.4 Å². The van der Waals surface area contributed by atoms with Crippen molar-refractivity contribution in [3.63, 3.8) is 0 Å². The van der Waals surface area contributed by atoms with Crippen LogP contribution in [0.1, 0.15) is 25.2 Å². The number of hydrogen-bond acceptors (Lipinski definition) is 3. The quantitative estimate of drug-likeness (QED) is 0.617. The van der Waals surface area contributed by atoms with E-state index in [1.54, 1.807) is 10.7 Å². The molecule has 2 heterocycles. The Hall–Kier alpha value is -1.45. The summed E-state index contributed by atoms with van der Waals surface area (Å²) in [4.78, 5) is 8.19. The standard InChI is InChI=1S/C7H8N4.C2H6/c1-5-3-8-7-9-6(2)10-11(7)4-5;1-2/h3-4H,1-2H3;1-2H3. The van der Waals surface area contributed by atoms with Crippen molar-refractivity contribution < 1.29 is 0 Å². The molecule has 70 valence electrons. The van der Waals surface area contributed by atoms with E-state index in [4.69, 9.17) is 0 Å². The zero-order valence-corrected chi connectivity index (χ0v) is 8.44. The van der Waals surface area contributed by atoms with Crippen LogP contribution in [0.3, 0.4) is 0 Å². The number of nitrogens with zero attached hydrogens (tertiary/aromatic N) is 4. The molecule has 0 aliphatic rings. The van der Waals surface area contributed by atoms with Crippen molar-refractivity contribution >= 4 is 5.78 Å². The zero-order valence-electron chi connectivity index (χ0n) is 8.44. The summed E-state index contributed by atoms with van der Waals surface area (Å²) >= 11 is 0. The summed E-state index contributed by atoms with van der Waals surface area (Å²) in [5.74, 6) is 1.41. The Morgan fingerprint density at radius 1 is 1.23 bits per heavy atom. The van der Waals surface area contributed by atoms with Crippen molar-refractivity contribution in [2.24, 2.45) is 0 Å². The highest BCUT2D eigenvalue weighted by atomic mass is 15.3. The average molecular weight is 178 g/mol. The predicted octanol–water partition coefficient (Wildman–Crippen LogP) is 1.77. The number of fused-ring (bicyclic) bond motifs is 1. The second-order valence-corrected chi connectivity index (χ2v) is 2.53. The van der Waals surface area contributed by atoms with Gasteiger partial charge in [0.2, 0.25) is 0 Å². The van der Waals surface area contributed by atoms with Crippen molar-refractivity contribution in [2.45, 2.75) is 27.7 Å². The molecule has 0 N–H and O–H groups in total. The lowest BCUT2D eigenvalue weighted by Gasteiger charge is -1.90. The van der Waals surface area contributed by atoms with E-state index in [9.17, 15) is 0 Å². The Labute approximate surface area is 77.6 Å². The number of aromatic nitrogens is 4. The minimum absolute atomic E-state index is 0.660. The first-order chi connectivity index (χ1) is 6.25. The highest BCUT2D eigenvalue weighted by Crippen LogP contribution is 1.98. The van der Waals surface area contributed by atoms with Crippen LogP contribution in [-0.4, -0.2) is 19.6 Å². The topological polar surface area (TPSA) is 43.1 Å². The van der Waals surface area contributed by atoms with Gasteiger partial charge in [-0.15, -0.1) is 0 Å². The molecule has 0 saturated heterocycles. The SMILES string of the molecule is CC.Cc1cnc2nc(C)nn2c1. The van der Waals surface area contributed by atoms with E-state index in [1.165, 1.54) is 0 Å². The van der Waals surface area contributed by atoms with Crippen LogP contribution in [0.5, 0.6) is 0 Å². The van der Waals surface area contributed by atoms with E-state index < -0.39 is 0 Å². The first kappa shape index (κ1) is 9.64. The minimum Gasteiger partial charge on any atom is -0.219 e. The molecular formula is C9H14N4. The van der Waals surface area contributed by atoms with Gasteiger partial charge < -0.3 is 0 Å². The number of aryl methyl sites for hydroxylation is 2. The van der Waals surface area contributed by atoms with Crippen LogP contribution in [0.25, 0.3) is 5.78 Å². The van der Waals surface area contributed by atoms with E-state index in [0.717, 1.165) is 11.4 Å². The average Bonchev–Trinajstić information content (AvgIpc) is 2.48. The third-order valence-electron chi connectivity index (χ3n) is 1.43. The van der Waals surface area contributed by atoms with Crippen molar-refractivity contribution in [2.75, 3.05) is 0 Å². The molecule has 0 aliphatic heterocycles. The molecule has 0 fully saturated rings. The molecule has 2 aromatic rings. The normalized spacial score (nSPS) is 9.54. The van der Waals surface area contributed by atoms with Gasteiger partial charge in [0.25, 0.3) is 5.78 Å². The van der Waals surface area contributed by atoms with E-state index in [0.29, 0.717) is 5.78 Å². The van der Waals surface area contributed by atoms with Crippen molar-refractivity contribution in [1.29, 1.82) is 0 Å². The summed E-state index contributed by atoms with van der Waals surface area (Å²) < 4.78 is 1.69. The maximum Gasteiger partial charge on any atom is 0.252 e. The van der Waals surface area contributed by atoms with Crippen LogP contribution in [0, 0.1) is 13.8 Å². The second-order valence-electron chi connectivity index (χ2n) is 2.53. The lowest BCUT2D eigenvalue weighted by molar-refractivity contribution is 0.907. The Bertz CT molecular complexity index is 391. The summed E-state index contributed by atoms with van der Waals surface area (Å²) in [5.41, 5.74) is 1.09. The fraction of sp³-hybridized carbons (Fsp3) is 0.444.